The third-order valence-corrected chi connectivity index (χ3v) is 9.75. The van der Waals surface area contributed by atoms with Crippen molar-refractivity contribution in [3.8, 4) is 5.75 Å². The highest BCUT2D eigenvalue weighted by Crippen LogP contribution is 2.44. The average Bonchev–Trinajstić information content (AvgIpc) is 3.61. The molecule has 3 aromatic rings. The predicted octanol–water partition coefficient (Wildman–Crippen LogP) is 5.17. The van der Waals surface area contributed by atoms with Crippen LogP contribution in [0.3, 0.4) is 0 Å². The van der Waals surface area contributed by atoms with E-state index in [9.17, 15) is 19.5 Å². The monoisotopic (exact) mass is 649 g/mol. The number of aromatic nitrogens is 3. The number of hydrogen-bond acceptors (Lipinski definition) is 6. The number of fused-ring (bicyclic) bond motifs is 2. The van der Waals surface area contributed by atoms with Gasteiger partial charge in [-0.2, -0.15) is 0 Å². The largest absolute Gasteiger partial charge is 0.487 e. The van der Waals surface area contributed by atoms with E-state index in [-0.39, 0.29) is 31.0 Å². The summed E-state index contributed by atoms with van der Waals surface area (Å²) < 4.78 is 9.07. The van der Waals surface area contributed by atoms with Crippen molar-refractivity contribution in [3.05, 3.63) is 75.0 Å². The molecule has 3 aliphatic rings. The van der Waals surface area contributed by atoms with Gasteiger partial charge in [0.05, 0.1) is 24.1 Å². The van der Waals surface area contributed by atoms with Gasteiger partial charge in [-0.15, -0.1) is 5.10 Å². The van der Waals surface area contributed by atoms with Gasteiger partial charge in [0.15, 0.2) is 0 Å². The van der Waals surface area contributed by atoms with Crippen LogP contribution >= 0.6 is 15.9 Å². The Balaban J connectivity index is 1.37. The van der Waals surface area contributed by atoms with E-state index in [2.05, 4.69) is 26.2 Å². The van der Waals surface area contributed by atoms with E-state index < -0.39 is 23.8 Å². The fraction of sp³-hybridized carbons (Fsp3) is 0.469. The number of hydrogen-bond donors (Lipinski definition) is 1. The molecule has 43 heavy (non-hydrogen) atoms. The summed E-state index contributed by atoms with van der Waals surface area (Å²) >= 11 is 3.73. The molecule has 1 fully saturated rings. The first-order valence-electron chi connectivity index (χ1n) is 15.0. The zero-order valence-corrected chi connectivity index (χ0v) is 26.0. The van der Waals surface area contributed by atoms with E-state index >= 15 is 0 Å². The number of aliphatic carboxylic acids is 1. The Morgan fingerprint density at radius 2 is 1.88 bits per heavy atom. The number of carbonyl (C=O) groups excluding carboxylic acids is 2. The van der Waals surface area contributed by atoms with Gasteiger partial charge in [0.1, 0.15) is 18.1 Å². The number of rotatable bonds is 8. The van der Waals surface area contributed by atoms with Crippen LogP contribution in [0, 0.1) is 11.8 Å². The van der Waals surface area contributed by atoms with Crippen LogP contribution < -0.4 is 4.74 Å². The summed E-state index contributed by atoms with van der Waals surface area (Å²) in [5, 5.41) is 18.4. The number of carbonyl (C=O) groups is 3. The molecule has 3 atom stereocenters. The molecule has 6 rings (SSSR count). The molecule has 226 valence electrons. The smallest absolute Gasteiger partial charge is 0.307 e. The molecule has 1 aromatic heterocycles. The molecule has 2 unspecified atom stereocenters. The van der Waals surface area contributed by atoms with Crippen LogP contribution in [-0.2, 0) is 29.2 Å². The summed E-state index contributed by atoms with van der Waals surface area (Å²) in [5.41, 5.74) is 4.19. The predicted molar refractivity (Wildman–Crippen MR) is 161 cm³/mol. The molecule has 0 bridgehead atoms. The molecule has 0 spiro atoms. The van der Waals surface area contributed by atoms with Crippen LogP contribution in [0.15, 0.2) is 47.1 Å². The topological polar surface area (TPSA) is 118 Å². The van der Waals surface area contributed by atoms with Crippen molar-refractivity contribution in [2.24, 2.45) is 11.8 Å². The van der Waals surface area contributed by atoms with E-state index in [0.29, 0.717) is 49.4 Å². The summed E-state index contributed by atoms with van der Waals surface area (Å²) in [5.74, 6) is -1.83. The zero-order chi connectivity index (χ0) is 30.2. The van der Waals surface area contributed by atoms with Gasteiger partial charge in [-0.1, -0.05) is 52.2 Å². The van der Waals surface area contributed by atoms with Crippen LogP contribution in [-0.4, -0.2) is 60.8 Å². The Hall–Kier alpha value is -3.73. The number of halogens is 1. The summed E-state index contributed by atoms with van der Waals surface area (Å²) in [6, 6.07) is 11.1. The van der Waals surface area contributed by atoms with Crippen molar-refractivity contribution < 1.29 is 24.2 Å². The normalized spacial score (nSPS) is 21.6. The molecule has 1 aliphatic carbocycles. The maximum atomic E-state index is 14.3. The van der Waals surface area contributed by atoms with Gasteiger partial charge in [-0.05, 0) is 62.4 Å². The number of ether oxygens (including phenoxy) is 1. The van der Waals surface area contributed by atoms with E-state index in [1.54, 1.807) is 9.58 Å². The van der Waals surface area contributed by atoms with Gasteiger partial charge >= 0.3 is 5.97 Å². The molecule has 0 radical (unpaired) electrons. The average molecular weight is 651 g/mol. The Kier molecular flexibility index (Phi) is 8.26. The molecular formula is C32H36BrN5O5. The maximum Gasteiger partial charge on any atom is 0.307 e. The second-order valence-electron chi connectivity index (χ2n) is 12.0. The lowest BCUT2D eigenvalue weighted by Gasteiger charge is -2.43. The lowest BCUT2D eigenvalue weighted by atomic mass is 9.77. The standard InChI is InChI=1S/C32H36BrN5O5/c1-19(2)38-16-21(34-35-38)18-43-28-12-11-26(33)25-13-14-37(31(40)23-9-5-6-10-24(23)32(41)42)27(29(25)28)17-36-15-20-7-3-4-8-22(20)30(36)39/h3-4,7-8,11-12,16,19,23-24,27H,5-6,9-10,13-15,17-18H2,1-2H3,(H,41,42)/t23?,24?,27-/m1/s1. The highest BCUT2D eigenvalue weighted by Gasteiger charge is 2.44. The number of amides is 2. The first-order chi connectivity index (χ1) is 20.7. The van der Waals surface area contributed by atoms with Crippen molar-refractivity contribution in [1.82, 2.24) is 24.8 Å². The first kappa shape index (κ1) is 29.3. The number of carboxylic acid groups (broad SMARTS) is 1. The summed E-state index contributed by atoms with van der Waals surface area (Å²) in [4.78, 5) is 43.6. The van der Waals surface area contributed by atoms with Crippen LogP contribution in [0.4, 0.5) is 0 Å². The highest BCUT2D eigenvalue weighted by molar-refractivity contribution is 9.10. The fourth-order valence-corrected chi connectivity index (χ4v) is 7.29. The SMILES string of the molecule is CC(C)n1cc(COc2ccc(Br)c3c2[C@@H](CN2Cc4ccccc4C2=O)N(C(=O)C2CCCCC2C(=O)O)CC3)nn1. The Morgan fingerprint density at radius 1 is 1.12 bits per heavy atom. The quantitative estimate of drug-likeness (QED) is 0.358. The van der Waals surface area contributed by atoms with Gasteiger partial charge in [0, 0.05) is 41.3 Å². The van der Waals surface area contributed by atoms with Crippen LogP contribution in [0.25, 0.3) is 0 Å². The third-order valence-electron chi connectivity index (χ3n) is 9.01. The molecule has 0 saturated heterocycles. The second kappa shape index (κ2) is 12.1. The third kappa shape index (κ3) is 5.67. The van der Waals surface area contributed by atoms with E-state index in [4.69, 9.17) is 4.74 Å². The summed E-state index contributed by atoms with van der Waals surface area (Å²) in [6.45, 7) is 5.40. The minimum absolute atomic E-state index is 0.0704. The van der Waals surface area contributed by atoms with Gasteiger partial charge in [0.25, 0.3) is 5.91 Å². The Morgan fingerprint density at radius 3 is 2.60 bits per heavy atom. The molecule has 10 nitrogen and oxygen atoms in total. The molecule has 2 aromatic carbocycles. The number of carboxylic acids is 1. The fourth-order valence-electron chi connectivity index (χ4n) is 6.75. The van der Waals surface area contributed by atoms with Crippen molar-refractivity contribution in [3.63, 3.8) is 0 Å². The minimum atomic E-state index is -0.918. The highest BCUT2D eigenvalue weighted by atomic mass is 79.9. The van der Waals surface area contributed by atoms with Crippen molar-refractivity contribution in [1.29, 1.82) is 0 Å². The van der Waals surface area contributed by atoms with Crippen LogP contribution in [0.1, 0.15) is 84.4 Å². The van der Waals surface area contributed by atoms with Gasteiger partial charge in [-0.3, -0.25) is 14.4 Å². The van der Waals surface area contributed by atoms with Crippen LogP contribution in [0.5, 0.6) is 5.75 Å². The van der Waals surface area contributed by atoms with Gasteiger partial charge in [-0.25, -0.2) is 4.68 Å². The molecule has 1 saturated carbocycles. The van der Waals surface area contributed by atoms with E-state index in [1.165, 1.54) is 0 Å². The molecular weight excluding hydrogens is 614 g/mol. The molecule has 11 heteroatoms. The summed E-state index contributed by atoms with van der Waals surface area (Å²) in [6.07, 6.45) is 5.12. The number of nitrogens with zero attached hydrogens (tertiary/aromatic N) is 5. The molecule has 3 heterocycles. The number of benzene rings is 2. The van der Waals surface area contributed by atoms with E-state index in [1.807, 2.05) is 61.3 Å². The Bertz CT molecular complexity index is 1550. The molecule has 2 amide bonds. The van der Waals surface area contributed by atoms with Crippen LogP contribution in [0.2, 0.25) is 0 Å². The minimum Gasteiger partial charge on any atom is -0.487 e. The molecule has 2 aliphatic heterocycles. The first-order valence-corrected chi connectivity index (χ1v) is 15.8. The van der Waals surface area contributed by atoms with Gasteiger partial charge < -0.3 is 19.6 Å². The maximum absolute atomic E-state index is 14.3. The van der Waals surface area contributed by atoms with Crippen molar-refractivity contribution in [2.45, 2.75) is 71.2 Å². The van der Waals surface area contributed by atoms with Crippen molar-refractivity contribution >= 4 is 33.7 Å². The van der Waals surface area contributed by atoms with Crippen molar-refractivity contribution in [2.75, 3.05) is 13.1 Å². The lowest BCUT2D eigenvalue weighted by molar-refractivity contribution is -0.153. The van der Waals surface area contributed by atoms with Gasteiger partial charge in [0.2, 0.25) is 5.91 Å². The summed E-state index contributed by atoms with van der Waals surface area (Å²) in [7, 11) is 0. The van der Waals surface area contributed by atoms with E-state index in [0.717, 1.165) is 34.0 Å². The Labute approximate surface area is 259 Å². The second-order valence-corrected chi connectivity index (χ2v) is 12.8. The molecule has 1 N–H and O–H groups in total. The lowest BCUT2D eigenvalue weighted by Crippen LogP contribution is -2.50. The zero-order valence-electron chi connectivity index (χ0n) is 24.4.